The molecular formula is C24H31N3O2. The second-order valence-corrected chi connectivity index (χ2v) is 8.48. The second kappa shape index (κ2) is 8.46. The number of nitrogens with zero attached hydrogens (tertiary/aromatic N) is 3. The van der Waals surface area contributed by atoms with Crippen molar-refractivity contribution in [3.63, 3.8) is 0 Å². The molecular weight excluding hydrogens is 362 g/mol. The van der Waals surface area contributed by atoms with Crippen LogP contribution in [0.1, 0.15) is 17.2 Å². The van der Waals surface area contributed by atoms with Gasteiger partial charge in [-0.15, -0.1) is 0 Å². The van der Waals surface area contributed by atoms with E-state index in [1.165, 1.54) is 11.1 Å². The summed E-state index contributed by atoms with van der Waals surface area (Å²) in [7, 11) is 3.69. The van der Waals surface area contributed by atoms with Gasteiger partial charge in [0.05, 0.1) is 6.04 Å². The Balaban J connectivity index is 1.46. The molecule has 2 fully saturated rings. The summed E-state index contributed by atoms with van der Waals surface area (Å²) in [6.07, 6.45) is 0. The van der Waals surface area contributed by atoms with E-state index in [-0.39, 0.29) is 12.1 Å². The Morgan fingerprint density at radius 1 is 1.03 bits per heavy atom. The van der Waals surface area contributed by atoms with Gasteiger partial charge in [0, 0.05) is 46.2 Å². The molecule has 0 unspecified atom stereocenters. The average Bonchev–Trinajstić information content (AvgIpc) is 3.26. The first-order chi connectivity index (χ1) is 14.0. The number of hydrogen-bond donors (Lipinski definition) is 0. The highest BCUT2D eigenvalue weighted by Crippen LogP contribution is 2.45. The topological polar surface area (TPSA) is 36.0 Å². The van der Waals surface area contributed by atoms with E-state index in [4.69, 9.17) is 4.74 Å². The predicted octanol–water partition coefficient (Wildman–Crippen LogP) is 3.66. The van der Waals surface area contributed by atoms with Gasteiger partial charge in [0.2, 0.25) is 0 Å². The van der Waals surface area contributed by atoms with Crippen molar-refractivity contribution in [3.8, 4) is 5.75 Å². The first-order valence-electron chi connectivity index (χ1n) is 10.5. The summed E-state index contributed by atoms with van der Waals surface area (Å²) in [4.78, 5) is 19.2. The summed E-state index contributed by atoms with van der Waals surface area (Å²) in [5, 5.41) is 0. The van der Waals surface area contributed by atoms with Crippen LogP contribution >= 0.6 is 0 Å². The van der Waals surface area contributed by atoms with Gasteiger partial charge in [0.1, 0.15) is 12.4 Å². The second-order valence-electron chi connectivity index (χ2n) is 8.48. The van der Waals surface area contributed by atoms with Crippen LogP contribution in [0.25, 0.3) is 0 Å². The van der Waals surface area contributed by atoms with E-state index < -0.39 is 0 Å². The molecule has 2 heterocycles. The molecule has 0 aliphatic carbocycles. The van der Waals surface area contributed by atoms with Gasteiger partial charge in [-0.3, -0.25) is 4.90 Å². The largest absolute Gasteiger partial charge is 0.492 e. The summed E-state index contributed by atoms with van der Waals surface area (Å²) in [5.41, 5.74) is 2.55. The van der Waals surface area contributed by atoms with Gasteiger partial charge < -0.3 is 14.5 Å². The third kappa shape index (κ3) is 4.10. The highest BCUT2D eigenvalue weighted by molar-refractivity contribution is 5.75. The monoisotopic (exact) mass is 393 g/mol. The van der Waals surface area contributed by atoms with Crippen LogP contribution in [-0.4, -0.2) is 67.6 Å². The molecule has 0 N–H and O–H groups in total. The zero-order valence-electron chi connectivity index (χ0n) is 17.6. The lowest BCUT2D eigenvalue weighted by Gasteiger charge is -2.32. The van der Waals surface area contributed by atoms with Crippen LogP contribution in [0.4, 0.5) is 4.79 Å². The Morgan fingerprint density at radius 3 is 2.48 bits per heavy atom. The van der Waals surface area contributed by atoms with Crippen molar-refractivity contribution in [3.05, 3.63) is 65.7 Å². The lowest BCUT2D eigenvalue weighted by Crippen LogP contribution is -2.41. The van der Waals surface area contributed by atoms with Crippen molar-refractivity contribution in [1.82, 2.24) is 14.7 Å². The van der Waals surface area contributed by atoms with Gasteiger partial charge in [-0.05, 0) is 36.1 Å². The number of carbonyl (C=O) groups is 1. The zero-order valence-corrected chi connectivity index (χ0v) is 17.6. The molecule has 2 saturated heterocycles. The maximum absolute atomic E-state index is 12.9. The fourth-order valence-electron chi connectivity index (χ4n) is 4.90. The molecule has 0 saturated carbocycles. The molecule has 5 heteroatoms. The third-order valence-electron chi connectivity index (χ3n) is 6.29. The van der Waals surface area contributed by atoms with E-state index in [0.29, 0.717) is 18.4 Å². The van der Waals surface area contributed by atoms with Crippen molar-refractivity contribution in [2.45, 2.75) is 13.0 Å². The number of likely N-dealkylation sites (tertiary alicyclic amines) is 2. The standard InChI is InChI=1S/C24H31N3O2/c1-18-9-7-8-12-21(18)23-22-17-26(13-14-29-20-10-5-4-6-11-20)15-19(22)16-27(23)24(28)25(2)3/h4-12,19,22-23H,13-17H2,1-3H3/t19-,22-,23+/m1/s1. The van der Waals surface area contributed by atoms with E-state index in [0.717, 1.165) is 31.9 Å². The van der Waals surface area contributed by atoms with Crippen molar-refractivity contribution in [2.24, 2.45) is 11.8 Å². The first-order valence-corrected chi connectivity index (χ1v) is 10.5. The summed E-state index contributed by atoms with van der Waals surface area (Å²) in [6, 6.07) is 18.8. The predicted molar refractivity (Wildman–Crippen MR) is 115 cm³/mol. The normalized spacial score (nSPS) is 23.8. The molecule has 2 aliphatic heterocycles. The van der Waals surface area contributed by atoms with Crippen LogP contribution in [-0.2, 0) is 0 Å². The minimum absolute atomic E-state index is 0.117. The number of aryl methyl sites for hydroxylation is 1. The van der Waals surface area contributed by atoms with Crippen LogP contribution in [0.2, 0.25) is 0 Å². The molecule has 2 aliphatic rings. The van der Waals surface area contributed by atoms with E-state index in [9.17, 15) is 4.79 Å². The molecule has 0 radical (unpaired) electrons. The number of hydrogen-bond acceptors (Lipinski definition) is 3. The van der Waals surface area contributed by atoms with Crippen LogP contribution in [0, 0.1) is 18.8 Å². The Morgan fingerprint density at radius 2 is 1.76 bits per heavy atom. The Bertz CT molecular complexity index is 839. The van der Waals surface area contributed by atoms with Crippen LogP contribution in [0.3, 0.4) is 0 Å². The van der Waals surface area contributed by atoms with Crippen molar-refractivity contribution in [2.75, 3.05) is 46.9 Å². The molecule has 5 nitrogen and oxygen atoms in total. The number of urea groups is 1. The highest BCUT2D eigenvalue weighted by atomic mass is 16.5. The van der Waals surface area contributed by atoms with Crippen molar-refractivity contribution in [1.29, 1.82) is 0 Å². The number of benzene rings is 2. The Kier molecular flexibility index (Phi) is 5.76. The van der Waals surface area contributed by atoms with Gasteiger partial charge in [-0.1, -0.05) is 42.5 Å². The summed E-state index contributed by atoms with van der Waals surface area (Å²) in [5.74, 6) is 1.91. The van der Waals surface area contributed by atoms with Gasteiger partial charge in [-0.2, -0.15) is 0 Å². The highest BCUT2D eigenvalue weighted by Gasteiger charge is 2.49. The Hall–Kier alpha value is -2.53. The minimum Gasteiger partial charge on any atom is -0.492 e. The fourth-order valence-corrected chi connectivity index (χ4v) is 4.90. The maximum Gasteiger partial charge on any atom is 0.320 e. The number of amides is 2. The number of ether oxygens (including phenoxy) is 1. The fraction of sp³-hybridized carbons (Fsp3) is 0.458. The SMILES string of the molecule is Cc1ccccc1[C@H]1[C@@H]2CN(CCOc3ccccc3)C[C@@H]2CN1C(=O)N(C)C. The zero-order chi connectivity index (χ0) is 20.4. The lowest BCUT2D eigenvalue weighted by atomic mass is 9.88. The van der Waals surface area contributed by atoms with Gasteiger partial charge in [-0.25, -0.2) is 4.79 Å². The number of carbonyl (C=O) groups excluding carboxylic acids is 1. The summed E-state index contributed by atoms with van der Waals surface area (Å²) >= 11 is 0. The summed E-state index contributed by atoms with van der Waals surface area (Å²) in [6.45, 7) is 6.64. The molecule has 0 spiro atoms. The molecule has 29 heavy (non-hydrogen) atoms. The molecule has 3 atom stereocenters. The Labute approximate surface area is 173 Å². The molecule has 2 aromatic rings. The van der Waals surface area contributed by atoms with E-state index in [2.05, 4.69) is 41.0 Å². The smallest absolute Gasteiger partial charge is 0.320 e. The van der Waals surface area contributed by atoms with Gasteiger partial charge >= 0.3 is 6.03 Å². The quantitative estimate of drug-likeness (QED) is 0.778. The molecule has 0 aromatic heterocycles. The maximum atomic E-state index is 12.9. The molecule has 2 amide bonds. The van der Waals surface area contributed by atoms with Crippen LogP contribution < -0.4 is 4.74 Å². The number of para-hydroxylation sites is 1. The van der Waals surface area contributed by atoms with Crippen molar-refractivity contribution < 1.29 is 9.53 Å². The molecule has 154 valence electrons. The first kappa shape index (κ1) is 19.8. The number of fused-ring (bicyclic) bond motifs is 1. The van der Waals surface area contributed by atoms with Crippen LogP contribution in [0.15, 0.2) is 54.6 Å². The van der Waals surface area contributed by atoms with Gasteiger partial charge in [0.15, 0.2) is 0 Å². The van der Waals surface area contributed by atoms with Gasteiger partial charge in [0.25, 0.3) is 0 Å². The molecule has 4 rings (SSSR count). The summed E-state index contributed by atoms with van der Waals surface area (Å²) < 4.78 is 5.90. The van der Waals surface area contributed by atoms with E-state index in [1.807, 2.05) is 44.4 Å². The van der Waals surface area contributed by atoms with E-state index in [1.54, 1.807) is 4.90 Å². The third-order valence-corrected chi connectivity index (χ3v) is 6.29. The number of rotatable bonds is 5. The average molecular weight is 394 g/mol. The van der Waals surface area contributed by atoms with Crippen LogP contribution in [0.5, 0.6) is 5.75 Å². The van der Waals surface area contributed by atoms with E-state index >= 15 is 0 Å². The molecule has 0 bridgehead atoms. The molecule has 2 aromatic carbocycles. The minimum atomic E-state index is 0.117. The van der Waals surface area contributed by atoms with Crippen molar-refractivity contribution >= 4 is 6.03 Å². The lowest BCUT2D eigenvalue weighted by molar-refractivity contribution is 0.149.